The molecule has 0 spiro atoms. The molecule has 1 aromatic carbocycles. The topological polar surface area (TPSA) is 59.0 Å². The molecule has 1 saturated heterocycles. The van der Waals surface area contributed by atoms with Crippen LogP contribution < -0.4 is 4.74 Å². The highest BCUT2D eigenvalue weighted by atomic mass is 127. The van der Waals surface area contributed by atoms with Crippen molar-refractivity contribution >= 4 is 28.4 Å². The van der Waals surface area contributed by atoms with Gasteiger partial charge < -0.3 is 19.5 Å². The van der Waals surface area contributed by atoms with Crippen LogP contribution in [-0.4, -0.2) is 55.7 Å². The van der Waals surface area contributed by atoms with E-state index < -0.39 is 0 Å². The Hall–Kier alpha value is -0.860. The molecule has 0 radical (unpaired) electrons. The maximum atomic E-state index is 12.8. The number of carbonyl (C=O) groups is 1. The number of rotatable bonds is 2. The zero-order valence-electron chi connectivity index (χ0n) is 14.8. The van der Waals surface area contributed by atoms with Gasteiger partial charge >= 0.3 is 0 Å². The molecule has 1 unspecified atom stereocenters. The van der Waals surface area contributed by atoms with Gasteiger partial charge in [0.25, 0.3) is 0 Å². The predicted octanol–water partition coefficient (Wildman–Crippen LogP) is 2.50. The molecule has 1 N–H and O–H groups in total. The van der Waals surface area contributed by atoms with Crippen molar-refractivity contribution in [3.8, 4) is 11.5 Å². The zero-order chi connectivity index (χ0) is 17.9. The highest BCUT2D eigenvalue weighted by Gasteiger charge is 2.58. The van der Waals surface area contributed by atoms with Gasteiger partial charge in [0.2, 0.25) is 0 Å². The van der Waals surface area contributed by atoms with Crippen molar-refractivity contribution in [3.05, 3.63) is 20.8 Å². The predicted molar refractivity (Wildman–Crippen MR) is 102 cm³/mol. The number of carbonyl (C=O) groups excluding carboxylic acids is 1. The first kappa shape index (κ1) is 17.5. The fraction of sp³-hybridized carbons (Fsp3) is 0.632. The minimum absolute atomic E-state index is 0.159. The van der Waals surface area contributed by atoms with E-state index in [-0.39, 0.29) is 23.1 Å². The lowest BCUT2D eigenvalue weighted by molar-refractivity contribution is -0.141. The van der Waals surface area contributed by atoms with Gasteiger partial charge in [0, 0.05) is 34.1 Å². The number of Topliss-reactive ketones (excluding diaryl/α,β-unsaturated/α-hetero) is 1. The van der Waals surface area contributed by atoms with E-state index in [1.165, 1.54) is 5.56 Å². The summed E-state index contributed by atoms with van der Waals surface area (Å²) in [6.07, 6.45) is 2.65. The highest BCUT2D eigenvalue weighted by molar-refractivity contribution is 14.1. The van der Waals surface area contributed by atoms with Crippen LogP contribution in [0.2, 0.25) is 0 Å². The van der Waals surface area contributed by atoms with Crippen LogP contribution in [-0.2, 0) is 21.4 Å². The number of hydrogen-bond acceptors (Lipinski definition) is 5. The summed E-state index contributed by atoms with van der Waals surface area (Å²) in [5.41, 5.74) is 1.86. The lowest BCUT2D eigenvalue weighted by Gasteiger charge is -2.58. The van der Waals surface area contributed by atoms with E-state index in [0.29, 0.717) is 24.1 Å². The van der Waals surface area contributed by atoms with E-state index in [1.807, 2.05) is 6.07 Å². The Morgan fingerprint density at radius 1 is 1.40 bits per heavy atom. The van der Waals surface area contributed by atoms with Crippen LogP contribution in [0.3, 0.4) is 0 Å². The number of likely N-dealkylation sites (tertiary alicyclic amines) is 1. The van der Waals surface area contributed by atoms with Crippen LogP contribution in [0.5, 0.6) is 11.5 Å². The van der Waals surface area contributed by atoms with Gasteiger partial charge in [-0.15, -0.1) is 0 Å². The standard InChI is InChI=1S/C19H24INO4/c1-21-5-4-19-9-14(22)15(24-2)7-11(19)13(21)6-10-12(20)8-16(25-3)18(23)17(10)19/h8,11,13,15,23H,4-7,9H2,1-3H3/t11-,13+,15?,19-/m1/s1. The second-order valence-corrected chi connectivity index (χ2v) is 8.79. The van der Waals surface area contributed by atoms with Crippen molar-refractivity contribution in [3.63, 3.8) is 0 Å². The average Bonchev–Trinajstić information content (AvgIpc) is 2.59. The lowest BCUT2D eigenvalue weighted by atomic mass is 9.51. The minimum Gasteiger partial charge on any atom is -0.504 e. The van der Waals surface area contributed by atoms with Crippen molar-refractivity contribution in [1.29, 1.82) is 0 Å². The fourth-order valence-corrected chi connectivity index (χ4v) is 6.25. The average molecular weight is 457 g/mol. The summed E-state index contributed by atoms with van der Waals surface area (Å²) in [6.45, 7) is 0.943. The van der Waals surface area contributed by atoms with E-state index in [9.17, 15) is 9.90 Å². The van der Waals surface area contributed by atoms with Crippen molar-refractivity contribution < 1.29 is 19.4 Å². The number of aromatic hydroxyl groups is 1. The molecule has 1 saturated carbocycles. The number of nitrogens with zero attached hydrogens (tertiary/aromatic N) is 1. The molecule has 0 aromatic heterocycles. The second kappa shape index (κ2) is 6.09. The molecule has 1 aliphatic heterocycles. The van der Waals surface area contributed by atoms with Crippen LogP contribution in [0.4, 0.5) is 0 Å². The number of halogens is 1. The Kier molecular flexibility index (Phi) is 4.28. The van der Waals surface area contributed by atoms with Crippen molar-refractivity contribution in [1.82, 2.24) is 4.90 Å². The summed E-state index contributed by atoms with van der Waals surface area (Å²) in [5.74, 6) is 1.21. The number of likely N-dealkylation sites (N-methyl/N-ethyl adjacent to an activating group) is 1. The third-order valence-electron chi connectivity index (χ3n) is 6.70. The van der Waals surface area contributed by atoms with Crippen LogP contribution in [0.25, 0.3) is 0 Å². The van der Waals surface area contributed by atoms with Gasteiger partial charge in [-0.2, -0.15) is 0 Å². The Morgan fingerprint density at radius 2 is 2.16 bits per heavy atom. The molecule has 2 aliphatic carbocycles. The summed E-state index contributed by atoms with van der Waals surface area (Å²) in [7, 11) is 5.38. The van der Waals surface area contributed by atoms with E-state index in [4.69, 9.17) is 9.47 Å². The van der Waals surface area contributed by atoms with Crippen LogP contribution >= 0.6 is 22.6 Å². The van der Waals surface area contributed by atoms with E-state index in [1.54, 1.807) is 14.2 Å². The summed E-state index contributed by atoms with van der Waals surface area (Å²) in [6, 6.07) is 2.29. The molecule has 5 nitrogen and oxygen atoms in total. The molecule has 4 atom stereocenters. The Morgan fingerprint density at radius 3 is 2.84 bits per heavy atom. The molecule has 136 valence electrons. The maximum absolute atomic E-state index is 12.8. The molecule has 2 fully saturated rings. The van der Waals surface area contributed by atoms with Gasteiger partial charge in [-0.3, -0.25) is 4.79 Å². The minimum atomic E-state index is -0.319. The number of hydrogen-bond donors (Lipinski definition) is 1. The van der Waals surface area contributed by atoms with Crippen molar-refractivity contribution in [2.45, 2.75) is 43.2 Å². The van der Waals surface area contributed by atoms with E-state index in [2.05, 4.69) is 34.5 Å². The summed E-state index contributed by atoms with van der Waals surface area (Å²) in [4.78, 5) is 15.2. The molecule has 2 bridgehead atoms. The molecule has 6 heteroatoms. The fourth-order valence-electron chi connectivity index (χ4n) is 5.47. The molecule has 25 heavy (non-hydrogen) atoms. The zero-order valence-corrected chi connectivity index (χ0v) is 17.0. The first-order valence-electron chi connectivity index (χ1n) is 8.77. The molecule has 3 aliphatic rings. The first-order valence-corrected chi connectivity index (χ1v) is 9.85. The number of ketones is 1. The number of piperidine rings is 1. The first-order chi connectivity index (χ1) is 11.9. The molecule has 1 heterocycles. The van der Waals surface area contributed by atoms with Gasteiger partial charge in [-0.1, -0.05) is 0 Å². The van der Waals surface area contributed by atoms with Gasteiger partial charge in [-0.25, -0.2) is 0 Å². The summed E-state index contributed by atoms with van der Waals surface area (Å²) >= 11 is 2.33. The van der Waals surface area contributed by atoms with Crippen molar-refractivity contribution in [2.24, 2.45) is 5.92 Å². The van der Waals surface area contributed by atoms with Gasteiger partial charge in [0.15, 0.2) is 17.3 Å². The summed E-state index contributed by atoms with van der Waals surface area (Å²) in [5, 5.41) is 11.0. The molecular weight excluding hydrogens is 433 g/mol. The number of phenols is 1. The van der Waals surface area contributed by atoms with Gasteiger partial charge in [0.1, 0.15) is 6.10 Å². The Bertz CT molecular complexity index is 737. The smallest absolute Gasteiger partial charge is 0.162 e. The molecule has 4 rings (SSSR count). The number of phenolic OH excluding ortho intramolecular Hbond substituents is 1. The third-order valence-corrected chi connectivity index (χ3v) is 7.66. The second-order valence-electron chi connectivity index (χ2n) is 7.63. The number of benzene rings is 1. The van der Waals surface area contributed by atoms with Crippen LogP contribution in [0.1, 0.15) is 30.4 Å². The molecular formula is C19H24INO4. The maximum Gasteiger partial charge on any atom is 0.162 e. The normalized spacial score (nSPS) is 34.4. The number of methoxy groups -OCH3 is 2. The van der Waals surface area contributed by atoms with E-state index in [0.717, 1.165) is 34.9 Å². The SMILES string of the molecule is COc1cc(I)c2c(c1O)[C@@]13CCN(C)[C@@H](C2)[C@H]1CC(OC)C(=O)C3. The largest absolute Gasteiger partial charge is 0.504 e. The highest BCUT2D eigenvalue weighted by Crippen LogP contribution is 2.59. The lowest BCUT2D eigenvalue weighted by Crippen LogP contribution is -2.63. The quantitative estimate of drug-likeness (QED) is 0.692. The van der Waals surface area contributed by atoms with E-state index >= 15 is 0 Å². The Labute approximate surface area is 161 Å². The monoisotopic (exact) mass is 457 g/mol. The molecule has 1 aromatic rings. The summed E-state index contributed by atoms with van der Waals surface area (Å²) < 4.78 is 12.0. The number of ether oxygens (including phenoxy) is 2. The van der Waals surface area contributed by atoms with Crippen molar-refractivity contribution in [2.75, 3.05) is 27.8 Å². The van der Waals surface area contributed by atoms with Gasteiger partial charge in [0.05, 0.1) is 7.11 Å². The van der Waals surface area contributed by atoms with Crippen LogP contribution in [0.15, 0.2) is 6.07 Å². The van der Waals surface area contributed by atoms with Crippen LogP contribution in [0, 0.1) is 9.49 Å². The Balaban J connectivity index is 1.95. The molecule has 0 amide bonds. The van der Waals surface area contributed by atoms with Gasteiger partial charge in [-0.05, 0) is 73.0 Å². The third kappa shape index (κ3) is 2.36. The number of fused-ring (bicyclic) bond motifs is 1.